The highest BCUT2D eigenvalue weighted by Crippen LogP contribution is 2.19. The van der Waals surface area contributed by atoms with Gasteiger partial charge in [-0.05, 0) is 24.6 Å². The molecule has 1 aromatic rings. The molecular weight excluding hydrogens is 258 g/mol. The smallest absolute Gasteiger partial charge is 0.196 e. The number of hydrogen-bond donors (Lipinski definition) is 0. The van der Waals surface area contributed by atoms with Gasteiger partial charge in [0.25, 0.3) is 0 Å². The second kappa shape index (κ2) is 6.70. The molecule has 1 rings (SSSR count). The van der Waals surface area contributed by atoms with Crippen LogP contribution < -0.4 is 0 Å². The van der Waals surface area contributed by atoms with E-state index in [1.54, 1.807) is 6.26 Å². The van der Waals surface area contributed by atoms with Gasteiger partial charge in [0.2, 0.25) is 0 Å². The molecule has 0 aliphatic rings. The summed E-state index contributed by atoms with van der Waals surface area (Å²) in [6.45, 7) is 2.06. The maximum atomic E-state index is 11.4. The summed E-state index contributed by atoms with van der Waals surface area (Å²) >= 11 is 0. The molecule has 1 aromatic carbocycles. The number of hydrogen-bond acceptors (Lipinski definition) is 2. The number of aliphatic imine (C=N–C) groups is 1. The van der Waals surface area contributed by atoms with Crippen molar-refractivity contribution in [2.75, 3.05) is 34.4 Å². The van der Waals surface area contributed by atoms with Crippen molar-refractivity contribution >= 4 is 16.8 Å². The highest BCUT2D eigenvalue weighted by Gasteiger charge is 2.09. The second-order valence-electron chi connectivity index (χ2n) is 4.92. The zero-order valence-electron chi connectivity index (χ0n) is 12.5. The average Bonchev–Trinajstić information content (AvgIpc) is 2.34. The van der Waals surface area contributed by atoms with E-state index in [4.69, 9.17) is 4.99 Å². The van der Waals surface area contributed by atoms with E-state index >= 15 is 0 Å². The molecule has 0 fully saturated rings. The molecule has 2 atom stereocenters. The Labute approximate surface area is 118 Å². The Kier molecular flexibility index (Phi) is 5.54. The van der Waals surface area contributed by atoms with Crippen molar-refractivity contribution in [3.63, 3.8) is 0 Å². The fraction of sp³-hybridized carbons (Fsp3) is 0.500. The summed E-state index contributed by atoms with van der Waals surface area (Å²) < 4.78 is 11.4. The summed E-state index contributed by atoms with van der Waals surface area (Å²) in [6.07, 6.45) is 1.69. The summed E-state index contributed by atoms with van der Waals surface area (Å²) in [7, 11) is 7.00. The van der Waals surface area contributed by atoms with Crippen molar-refractivity contribution in [3.05, 3.63) is 29.8 Å². The maximum absolute atomic E-state index is 11.4. The van der Waals surface area contributed by atoms with Crippen LogP contribution in [0.1, 0.15) is 18.5 Å². The third-order valence-electron chi connectivity index (χ3n) is 2.80. The monoisotopic (exact) mass is 281 g/mol. The largest absolute Gasteiger partial charge is 0.349 e. The van der Waals surface area contributed by atoms with E-state index in [9.17, 15) is 4.21 Å². The highest BCUT2D eigenvalue weighted by molar-refractivity contribution is 7.84. The maximum Gasteiger partial charge on any atom is 0.196 e. The van der Waals surface area contributed by atoms with Gasteiger partial charge in [-0.2, -0.15) is 0 Å². The van der Waals surface area contributed by atoms with Gasteiger partial charge in [-0.1, -0.05) is 12.1 Å². The van der Waals surface area contributed by atoms with Gasteiger partial charge in [-0.3, -0.25) is 4.21 Å². The molecule has 2 unspecified atom stereocenters. The van der Waals surface area contributed by atoms with E-state index in [-0.39, 0.29) is 6.04 Å². The van der Waals surface area contributed by atoms with Crippen LogP contribution in [0.4, 0.5) is 0 Å². The van der Waals surface area contributed by atoms with E-state index in [1.165, 1.54) is 0 Å². The van der Waals surface area contributed by atoms with Crippen LogP contribution >= 0.6 is 0 Å². The Bertz CT molecular complexity index is 456. The lowest BCUT2D eigenvalue weighted by molar-refractivity contribution is 0.474. The lowest BCUT2D eigenvalue weighted by Crippen LogP contribution is -2.35. The zero-order valence-corrected chi connectivity index (χ0v) is 13.4. The minimum Gasteiger partial charge on any atom is -0.349 e. The first-order valence-electron chi connectivity index (χ1n) is 6.18. The normalized spacial score (nSPS) is 13.6. The Morgan fingerprint density at radius 1 is 1.11 bits per heavy atom. The van der Waals surface area contributed by atoms with Crippen molar-refractivity contribution in [1.82, 2.24) is 9.80 Å². The summed E-state index contributed by atoms with van der Waals surface area (Å²) in [5.74, 6) is 0.927. The van der Waals surface area contributed by atoms with Crippen LogP contribution in [-0.2, 0) is 10.8 Å². The van der Waals surface area contributed by atoms with Gasteiger partial charge in [0, 0.05) is 50.1 Å². The first-order valence-corrected chi connectivity index (χ1v) is 7.74. The quantitative estimate of drug-likeness (QED) is 0.628. The molecule has 0 saturated carbocycles. The van der Waals surface area contributed by atoms with Crippen LogP contribution in [0.5, 0.6) is 0 Å². The molecule has 0 aromatic heterocycles. The average molecular weight is 281 g/mol. The molecule has 0 N–H and O–H groups in total. The van der Waals surface area contributed by atoms with Gasteiger partial charge >= 0.3 is 0 Å². The molecular formula is C14H23N3OS. The van der Waals surface area contributed by atoms with Crippen molar-refractivity contribution in [2.24, 2.45) is 4.99 Å². The Morgan fingerprint density at radius 3 is 1.95 bits per heavy atom. The van der Waals surface area contributed by atoms with E-state index in [1.807, 2.05) is 62.3 Å². The standard InChI is InChI=1S/C14H23N3OS/c1-11(15-14(16(2)3)17(4)5)12-7-9-13(10-8-12)19(6)18/h7-11H,1-6H3. The highest BCUT2D eigenvalue weighted by atomic mass is 32.2. The van der Waals surface area contributed by atoms with Crippen molar-refractivity contribution in [1.29, 1.82) is 0 Å². The van der Waals surface area contributed by atoms with E-state index in [0.29, 0.717) is 0 Å². The molecule has 0 aliphatic carbocycles. The molecule has 0 aliphatic heterocycles. The Morgan fingerprint density at radius 2 is 1.58 bits per heavy atom. The molecule has 0 amide bonds. The summed E-state index contributed by atoms with van der Waals surface area (Å²) in [4.78, 5) is 9.54. The molecule has 4 nitrogen and oxygen atoms in total. The summed E-state index contributed by atoms with van der Waals surface area (Å²) in [5, 5.41) is 0. The van der Waals surface area contributed by atoms with Gasteiger partial charge in [-0.15, -0.1) is 0 Å². The molecule has 0 radical (unpaired) electrons. The van der Waals surface area contributed by atoms with Crippen LogP contribution in [0.25, 0.3) is 0 Å². The number of rotatable bonds is 3. The van der Waals surface area contributed by atoms with E-state index in [2.05, 4.69) is 6.92 Å². The third-order valence-corrected chi connectivity index (χ3v) is 3.74. The van der Waals surface area contributed by atoms with Crippen molar-refractivity contribution in [3.8, 4) is 0 Å². The fourth-order valence-electron chi connectivity index (χ4n) is 1.82. The van der Waals surface area contributed by atoms with Crippen LogP contribution in [0.2, 0.25) is 0 Å². The molecule has 5 heteroatoms. The van der Waals surface area contributed by atoms with Gasteiger partial charge in [-0.25, -0.2) is 4.99 Å². The second-order valence-corrected chi connectivity index (χ2v) is 6.30. The molecule has 19 heavy (non-hydrogen) atoms. The van der Waals surface area contributed by atoms with Crippen LogP contribution in [0.3, 0.4) is 0 Å². The third kappa shape index (κ3) is 4.35. The molecule has 0 bridgehead atoms. The SMILES string of the molecule is CC(N=C(N(C)C)N(C)C)c1ccc(S(C)=O)cc1. The predicted octanol–water partition coefficient (Wildman–Crippen LogP) is 1.96. The van der Waals surface area contributed by atoms with Gasteiger partial charge in [0.1, 0.15) is 0 Å². The molecule has 0 spiro atoms. The van der Waals surface area contributed by atoms with Gasteiger partial charge < -0.3 is 9.80 Å². The number of nitrogens with zero attached hydrogens (tertiary/aromatic N) is 3. The van der Waals surface area contributed by atoms with E-state index < -0.39 is 10.8 Å². The van der Waals surface area contributed by atoms with Gasteiger partial charge in [0.15, 0.2) is 5.96 Å². The van der Waals surface area contributed by atoms with Crippen molar-refractivity contribution in [2.45, 2.75) is 17.9 Å². The van der Waals surface area contributed by atoms with Crippen LogP contribution in [0, 0.1) is 0 Å². The minimum absolute atomic E-state index is 0.0686. The molecule has 0 heterocycles. The molecule has 106 valence electrons. The Hall–Kier alpha value is -1.36. The summed E-state index contributed by atoms with van der Waals surface area (Å²) in [5.41, 5.74) is 1.12. The fourth-order valence-corrected chi connectivity index (χ4v) is 2.34. The number of benzene rings is 1. The minimum atomic E-state index is -0.928. The predicted molar refractivity (Wildman–Crippen MR) is 82.0 cm³/mol. The lowest BCUT2D eigenvalue weighted by atomic mass is 10.1. The number of guanidine groups is 1. The Balaban J connectivity index is 2.96. The summed E-state index contributed by atoms with van der Waals surface area (Å²) in [6, 6.07) is 7.87. The van der Waals surface area contributed by atoms with Crippen LogP contribution in [0.15, 0.2) is 34.2 Å². The topological polar surface area (TPSA) is 35.9 Å². The first-order chi connectivity index (χ1) is 8.82. The van der Waals surface area contributed by atoms with Gasteiger partial charge in [0.05, 0.1) is 6.04 Å². The van der Waals surface area contributed by atoms with Crippen LogP contribution in [-0.4, -0.2) is 54.4 Å². The lowest BCUT2D eigenvalue weighted by Gasteiger charge is -2.24. The zero-order chi connectivity index (χ0) is 14.6. The first kappa shape index (κ1) is 15.7. The molecule has 0 saturated heterocycles. The van der Waals surface area contributed by atoms with Crippen molar-refractivity contribution < 1.29 is 4.21 Å². The van der Waals surface area contributed by atoms with E-state index in [0.717, 1.165) is 16.4 Å².